The summed E-state index contributed by atoms with van der Waals surface area (Å²) in [5, 5.41) is 12.3. The number of carbonyl (C=O) groups is 3. The minimum atomic E-state index is -1.44. The molecule has 1 atom stereocenters. The summed E-state index contributed by atoms with van der Waals surface area (Å²) in [5.74, 6) is -1.13. The summed E-state index contributed by atoms with van der Waals surface area (Å²) >= 11 is 0. The number of ketones is 1. The van der Waals surface area contributed by atoms with E-state index in [1.807, 2.05) is 30.3 Å². The zero-order valence-corrected chi connectivity index (χ0v) is 13.4. The Morgan fingerprint density at radius 3 is 2.46 bits per heavy atom. The Morgan fingerprint density at radius 2 is 1.88 bits per heavy atom. The molecule has 2 fully saturated rings. The molecular formula is C18H21NO5. The second-order valence-electron chi connectivity index (χ2n) is 6.54. The number of Topliss-reactive ketones (excluding diaryl/α,β-unsaturated/α-hetero) is 1. The van der Waals surface area contributed by atoms with Crippen LogP contribution in [0.15, 0.2) is 30.3 Å². The first-order chi connectivity index (χ1) is 11.5. The van der Waals surface area contributed by atoms with E-state index in [2.05, 4.69) is 5.32 Å². The van der Waals surface area contributed by atoms with Gasteiger partial charge in [0.05, 0.1) is 6.54 Å². The number of nitrogens with one attached hydrogen (secondary N) is 1. The van der Waals surface area contributed by atoms with Crippen LogP contribution in [0.2, 0.25) is 0 Å². The second-order valence-corrected chi connectivity index (χ2v) is 6.54. The van der Waals surface area contributed by atoms with Gasteiger partial charge in [0.15, 0.2) is 11.9 Å². The molecule has 1 aromatic carbocycles. The van der Waals surface area contributed by atoms with Gasteiger partial charge in [-0.05, 0) is 31.2 Å². The molecule has 0 bridgehead atoms. The summed E-state index contributed by atoms with van der Waals surface area (Å²) in [5.41, 5.74) is -0.0940. The number of aliphatic hydroxyl groups excluding tert-OH is 1. The number of rotatable bonds is 8. The highest BCUT2D eigenvalue weighted by Gasteiger charge is 2.59. The molecule has 2 aliphatic carbocycles. The number of esters is 1. The maximum absolute atomic E-state index is 12.2. The van der Waals surface area contributed by atoms with Crippen LogP contribution in [-0.2, 0) is 25.7 Å². The molecule has 6 heteroatoms. The maximum atomic E-state index is 12.2. The topological polar surface area (TPSA) is 92.7 Å². The lowest BCUT2D eigenvalue weighted by Crippen LogP contribution is -2.43. The van der Waals surface area contributed by atoms with E-state index in [9.17, 15) is 19.5 Å². The van der Waals surface area contributed by atoms with Gasteiger partial charge in [-0.15, -0.1) is 0 Å². The minimum absolute atomic E-state index is 0.0149. The van der Waals surface area contributed by atoms with Crippen molar-refractivity contribution in [3.63, 3.8) is 0 Å². The number of ether oxygens (including phenoxy) is 1. The molecule has 2 aliphatic rings. The van der Waals surface area contributed by atoms with Crippen LogP contribution in [0.5, 0.6) is 0 Å². The van der Waals surface area contributed by atoms with E-state index < -0.39 is 17.5 Å². The monoisotopic (exact) mass is 331 g/mol. The van der Waals surface area contributed by atoms with Crippen molar-refractivity contribution in [2.24, 2.45) is 11.3 Å². The van der Waals surface area contributed by atoms with E-state index in [0.29, 0.717) is 12.8 Å². The summed E-state index contributed by atoms with van der Waals surface area (Å²) in [7, 11) is 0. The van der Waals surface area contributed by atoms with Crippen LogP contribution in [-0.4, -0.2) is 35.4 Å². The molecule has 1 aromatic rings. The van der Waals surface area contributed by atoms with Crippen molar-refractivity contribution in [1.82, 2.24) is 5.32 Å². The molecule has 1 amide bonds. The van der Waals surface area contributed by atoms with E-state index in [1.165, 1.54) is 0 Å². The normalized spacial score (nSPS) is 19.2. The fourth-order valence-corrected chi connectivity index (χ4v) is 2.71. The minimum Gasteiger partial charge on any atom is -0.459 e. The van der Waals surface area contributed by atoms with Crippen molar-refractivity contribution in [3.8, 4) is 0 Å². The third-order valence-electron chi connectivity index (χ3n) is 4.56. The Hall–Kier alpha value is -2.21. The van der Waals surface area contributed by atoms with Gasteiger partial charge < -0.3 is 15.2 Å². The first-order valence-electron chi connectivity index (χ1n) is 8.24. The van der Waals surface area contributed by atoms with Crippen LogP contribution in [0, 0.1) is 11.3 Å². The van der Waals surface area contributed by atoms with Crippen LogP contribution in [0.1, 0.15) is 31.2 Å². The summed E-state index contributed by atoms with van der Waals surface area (Å²) in [6.07, 6.45) is 1.40. The van der Waals surface area contributed by atoms with Gasteiger partial charge in [-0.3, -0.25) is 9.59 Å². The molecule has 0 heterocycles. The van der Waals surface area contributed by atoms with E-state index >= 15 is 0 Å². The van der Waals surface area contributed by atoms with Crippen LogP contribution in [0.4, 0.5) is 0 Å². The number of hydrogen-bond donors (Lipinski definition) is 2. The average molecular weight is 331 g/mol. The summed E-state index contributed by atoms with van der Waals surface area (Å²) in [6, 6.07) is 9.12. The van der Waals surface area contributed by atoms with Crippen LogP contribution in [0.25, 0.3) is 0 Å². The molecule has 0 spiro atoms. The molecule has 0 aromatic heterocycles. The highest BCUT2D eigenvalue weighted by atomic mass is 16.5. The van der Waals surface area contributed by atoms with Crippen molar-refractivity contribution >= 4 is 17.7 Å². The quantitative estimate of drug-likeness (QED) is 0.547. The molecule has 0 radical (unpaired) electrons. The third kappa shape index (κ3) is 3.64. The van der Waals surface area contributed by atoms with Crippen LogP contribution in [0.3, 0.4) is 0 Å². The molecule has 0 unspecified atom stereocenters. The lowest BCUT2D eigenvalue weighted by atomic mass is 9.96. The second kappa shape index (κ2) is 6.73. The highest BCUT2D eigenvalue weighted by Crippen LogP contribution is 2.52. The van der Waals surface area contributed by atoms with Crippen LogP contribution < -0.4 is 5.32 Å². The van der Waals surface area contributed by atoms with E-state index in [4.69, 9.17) is 4.74 Å². The molecule has 128 valence electrons. The van der Waals surface area contributed by atoms with E-state index in [-0.39, 0.29) is 30.8 Å². The van der Waals surface area contributed by atoms with Gasteiger partial charge in [-0.2, -0.15) is 0 Å². The maximum Gasteiger partial charge on any atom is 0.337 e. The average Bonchev–Trinajstić information content (AvgIpc) is 3.50. The Kier molecular flexibility index (Phi) is 4.66. The first kappa shape index (κ1) is 16.6. The Bertz CT molecular complexity index is 634. The molecule has 0 saturated heterocycles. The van der Waals surface area contributed by atoms with Gasteiger partial charge in [-0.25, -0.2) is 4.79 Å². The van der Waals surface area contributed by atoms with E-state index in [1.54, 1.807) is 0 Å². The van der Waals surface area contributed by atoms with Crippen LogP contribution >= 0.6 is 0 Å². The Morgan fingerprint density at radius 1 is 1.21 bits per heavy atom. The number of amides is 1. The van der Waals surface area contributed by atoms with Crippen molar-refractivity contribution in [1.29, 1.82) is 0 Å². The van der Waals surface area contributed by atoms with Crippen molar-refractivity contribution < 1.29 is 24.2 Å². The SMILES string of the molecule is O=C(OCc1ccccc1)[C@@H](O)CNC(=O)C1(C(=O)C2CC2)CC1. The predicted molar refractivity (Wildman–Crippen MR) is 84.7 cm³/mol. The molecule has 2 saturated carbocycles. The zero-order valence-electron chi connectivity index (χ0n) is 13.4. The molecule has 2 N–H and O–H groups in total. The fourth-order valence-electron chi connectivity index (χ4n) is 2.71. The number of carbonyl (C=O) groups excluding carboxylic acids is 3. The summed E-state index contributed by atoms with van der Waals surface area (Å²) in [6.45, 7) is -0.180. The molecule has 6 nitrogen and oxygen atoms in total. The van der Waals surface area contributed by atoms with Gasteiger partial charge in [0.1, 0.15) is 12.0 Å². The summed E-state index contributed by atoms with van der Waals surface area (Å²) < 4.78 is 5.01. The fraction of sp³-hybridized carbons (Fsp3) is 0.500. The van der Waals surface area contributed by atoms with Gasteiger partial charge in [0.25, 0.3) is 0 Å². The van der Waals surface area contributed by atoms with Crippen molar-refractivity contribution in [2.45, 2.75) is 38.4 Å². The highest BCUT2D eigenvalue weighted by molar-refractivity contribution is 6.10. The lowest BCUT2D eigenvalue weighted by Gasteiger charge is -2.16. The zero-order chi connectivity index (χ0) is 17.2. The number of aliphatic hydroxyl groups is 1. The standard InChI is InChI=1S/C18H21NO5/c20-14(16(22)24-11-12-4-2-1-3-5-12)10-19-17(23)18(8-9-18)15(21)13-6-7-13/h1-5,13-14,20H,6-11H2,(H,19,23)/t14-/m0/s1. The molecule has 24 heavy (non-hydrogen) atoms. The van der Waals surface area contributed by atoms with Gasteiger partial charge in [0.2, 0.25) is 5.91 Å². The number of benzene rings is 1. The summed E-state index contributed by atoms with van der Waals surface area (Å²) in [4.78, 5) is 36.1. The lowest BCUT2D eigenvalue weighted by molar-refractivity contribution is -0.154. The molecule has 3 rings (SSSR count). The number of hydrogen-bond acceptors (Lipinski definition) is 5. The van der Waals surface area contributed by atoms with E-state index in [0.717, 1.165) is 18.4 Å². The van der Waals surface area contributed by atoms with Gasteiger partial charge in [0, 0.05) is 5.92 Å². The molecule has 0 aliphatic heterocycles. The largest absolute Gasteiger partial charge is 0.459 e. The first-order valence-corrected chi connectivity index (χ1v) is 8.24. The van der Waals surface area contributed by atoms with Crippen molar-refractivity contribution in [3.05, 3.63) is 35.9 Å². The Labute approximate surface area is 140 Å². The smallest absolute Gasteiger partial charge is 0.337 e. The van der Waals surface area contributed by atoms with Gasteiger partial charge in [-0.1, -0.05) is 30.3 Å². The molecular weight excluding hydrogens is 310 g/mol. The van der Waals surface area contributed by atoms with Crippen molar-refractivity contribution in [2.75, 3.05) is 6.54 Å². The third-order valence-corrected chi connectivity index (χ3v) is 4.56. The van der Waals surface area contributed by atoms with Gasteiger partial charge >= 0.3 is 5.97 Å². The predicted octanol–water partition coefficient (Wildman–Crippen LogP) is 0.966. The Balaban J connectivity index is 1.43.